The Morgan fingerprint density at radius 3 is 2.38 bits per heavy atom. The number of hydrogen-bond donors (Lipinski definition) is 2. The Hall–Kier alpha value is -1.06. The summed E-state index contributed by atoms with van der Waals surface area (Å²) in [7, 11) is 1.67. The predicted octanol–water partition coefficient (Wildman–Crippen LogP) is 1.31. The maximum absolute atomic E-state index is 5.06. The molecule has 2 N–H and O–H groups in total. The van der Waals surface area contributed by atoms with E-state index < -0.39 is 0 Å². The minimum atomic E-state index is 0.831. The van der Waals surface area contributed by atoms with E-state index in [9.17, 15) is 0 Å². The zero-order chi connectivity index (χ0) is 9.52. The van der Waals surface area contributed by atoms with Crippen molar-refractivity contribution in [3.8, 4) is 5.75 Å². The molecule has 1 aromatic rings. The topological polar surface area (TPSA) is 33.3 Å². The Morgan fingerprint density at radius 1 is 1.15 bits per heavy atom. The zero-order valence-electron chi connectivity index (χ0n) is 8.13. The summed E-state index contributed by atoms with van der Waals surface area (Å²) in [6.45, 7) is 3.81. The second-order valence-electron chi connectivity index (χ2n) is 2.73. The van der Waals surface area contributed by atoms with Gasteiger partial charge in [-0.25, -0.2) is 0 Å². The number of nitrogens with one attached hydrogen (secondary N) is 2. The molecule has 0 spiro atoms. The van der Waals surface area contributed by atoms with Crippen molar-refractivity contribution >= 4 is 0 Å². The summed E-state index contributed by atoms with van der Waals surface area (Å²) in [4.78, 5) is 0. The van der Waals surface area contributed by atoms with Crippen molar-refractivity contribution < 1.29 is 4.74 Å². The van der Waals surface area contributed by atoms with Crippen molar-refractivity contribution in [1.82, 2.24) is 10.9 Å². The molecule has 0 heterocycles. The third-order valence-corrected chi connectivity index (χ3v) is 1.75. The molecular weight excluding hydrogens is 164 g/mol. The van der Waals surface area contributed by atoms with Gasteiger partial charge in [-0.2, -0.15) is 0 Å². The molecule has 0 saturated carbocycles. The van der Waals surface area contributed by atoms with Gasteiger partial charge >= 0.3 is 0 Å². The molecule has 0 saturated heterocycles. The number of methoxy groups -OCH3 is 1. The molecule has 0 unspecified atom stereocenters. The number of hydrazine groups is 1. The first-order valence-electron chi connectivity index (χ1n) is 4.45. The molecule has 0 aliphatic rings. The largest absolute Gasteiger partial charge is 0.497 e. The first-order valence-corrected chi connectivity index (χ1v) is 4.45. The molecule has 0 aromatic heterocycles. The van der Waals surface area contributed by atoms with Crippen LogP contribution >= 0.6 is 0 Å². The summed E-state index contributed by atoms with van der Waals surface area (Å²) in [5.74, 6) is 0.896. The standard InChI is InChI=1S/C10H16N2O/c1-3-11-12-8-9-4-6-10(13-2)7-5-9/h4-7,11-12H,3,8H2,1-2H3. The Morgan fingerprint density at radius 2 is 1.85 bits per heavy atom. The maximum Gasteiger partial charge on any atom is 0.118 e. The maximum atomic E-state index is 5.06. The van der Waals surface area contributed by atoms with Gasteiger partial charge in [-0.05, 0) is 17.7 Å². The second kappa shape index (κ2) is 5.56. The molecule has 1 rings (SSSR count). The lowest BCUT2D eigenvalue weighted by atomic mass is 10.2. The van der Waals surface area contributed by atoms with Gasteiger partial charge in [0.1, 0.15) is 5.75 Å². The Bertz CT molecular complexity index is 233. The quantitative estimate of drug-likeness (QED) is 0.529. The fourth-order valence-electron chi connectivity index (χ4n) is 1.03. The first-order chi connectivity index (χ1) is 6.36. The van der Waals surface area contributed by atoms with E-state index in [0.717, 1.165) is 18.8 Å². The second-order valence-corrected chi connectivity index (χ2v) is 2.73. The summed E-state index contributed by atoms with van der Waals surface area (Å²) in [6, 6.07) is 8.01. The van der Waals surface area contributed by atoms with Crippen LogP contribution in [-0.4, -0.2) is 13.7 Å². The predicted molar refractivity (Wildman–Crippen MR) is 53.5 cm³/mol. The van der Waals surface area contributed by atoms with Crippen molar-refractivity contribution in [2.24, 2.45) is 0 Å². The van der Waals surface area contributed by atoms with E-state index in [-0.39, 0.29) is 0 Å². The molecular formula is C10H16N2O. The van der Waals surface area contributed by atoms with E-state index in [4.69, 9.17) is 4.74 Å². The lowest BCUT2D eigenvalue weighted by Gasteiger charge is -2.05. The van der Waals surface area contributed by atoms with Crippen molar-refractivity contribution in [3.63, 3.8) is 0 Å². The van der Waals surface area contributed by atoms with Gasteiger partial charge in [0.25, 0.3) is 0 Å². The molecule has 0 bridgehead atoms. The molecule has 72 valence electrons. The van der Waals surface area contributed by atoms with Crippen molar-refractivity contribution in [2.75, 3.05) is 13.7 Å². The van der Waals surface area contributed by atoms with E-state index in [2.05, 4.69) is 17.8 Å². The van der Waals surface area contributed by atoms with Gasteiger partial charge in [-0.1, -0.05) is 19.1 Å². The third kappa shape index (κ3) is 3.44. The highest BCUT2D eigenvalue weighted by Gasteiger charge is 1.92. The summed E-state index contributed by atoms with van der Waals surface area (Å²) < 4.78 is 5.06. The summed E-state index contributed by atoms with van der Waals surface area (Å²) in [5.41, 5.74) is 7.38. The number of rotatable bonds is 5. The van der Waals surface area contributed by atoms with Gasteiger partial charge in [-0.15, -0.1) is 0 Å². The summed E-state index contributed by atoms with van der Waals surface area (Å²) in [6.07, 6.45) is 0. The van der Waals surface area contributed by atoms with Gasteiger partial charge in [-0.3, -0.25) is 10.9 Å². The first kappa shape index (κ1) is 10.0. The molecule has 3 heteroatoms. The van der Waals surface area contributed by atoms with Crippen LogP contribution in [0.5, 0.6) is 5.75 Å². The van der Waals surface area contributed by atoms with E-state index in [0.29, 0.717) is 0 Å². The zero-order valence-corrected chi connectivity index (χ0v) is 8.13. The molecule has 0 aliphatic carbocycles. The molecule has 0 amide bonds. The normalized spacial score (nSPS) is 10.0. The van der Waals surface area contributed by atoms with Crippen LogP contribution in [0.4, 0.5) is 0 Å². The lowest BCUT2D eigenvalue weighted by molar-refractivity contribution is 0.414. The fraction of sp³-hybridized carbons (Fsp3) is 0.400. The van der Waals surface area contributed by atoms with Crippen molar-refractivity contribution in [3.05, 3.63) is 29.8 Å². The minimum Gasteiger partial charge on any atom is -0.497 e. The van der Waals surface area contributed by atoms with Crippen LogP contribution in [0.1, 0.15) is 12.5 Å². The third-order valence-electron chi connectivity index (χ3n) is 1.75. The van der Waals surface area contributed by atoms with Crippen LogP contribution in [-0.2, 0) is 6.54 Å². The van der Waals surface area contributed by atoms with Crippen molar-refractivity contribution in [1.29, 1.82) is 0 Å². The molecule has 13 heavy (non-hydrogen) atoms. The van der Waals surface area contributed by atoms with Crippen LogP contribution in [0, 0.1) is 0 Å². The van der Waals surface area contributed by atoms with Gasteiger partial charge in [0, 0.05) is 13.1 Å². The van der Waals surface area contributed by atoms with E-state index in [1.54, 1.807) is 7.11 Å². The Labute approximate surface area is 79.1 Å². The fourth-order valence-corrected chi connectivity index (χ4v) is 1.03. The average molecular weight is 180 g/mol. The SMILES string of the molecule is CCNNCc1ccc(OC)cc1. The molecule has 1 aromatic carbocycles. The molecule has 0 aliphatic heterocycles. The van der Waals surface area contributed by atoms with Crippen LogP contribution in [0.25, 0.3) is 0 Å². The van der Waals surface area contributed by atoms with Crippen LogP contribution < -0.4 is 15.6 Å². The van der Waals surface area contributed by atoms with E-state index in [1.807, 2.05) is 24.3 Å². The monoisotopic (exact) mass is 180 g/mol. The van der Waals surface area contributed by atoms with Gasteiger partial charge in [0.05, 0.1) is 7.11 Å². The molecule has 3 nitrogen and oxygen atoms in total. The highest BCUT2D eigenvalue weighted by molar-refractivity contribution is 5.26. The summed E-state index contributed by atoms with van der Waals surface area (Å²) >= 11 is 0. The average Bonchev–Trinajstić information content (AvgIpc) is 2.19. The van der Waals surface area contributed by atoms with E-state index >= 15 is 0 Å². The lowest BCUT2D eigenvalue weighted by Crippen LogP contribution is -2.30. The minimum absolute atomic E-state index is 0.831. The van der Waals surface area contributed by atoms with Crippen LogP contribution in [0.3, 0.4) is 0 Å². The van der Waals surface area contributed by atoms with Gasteiger partial charge in [0.15, 0.2) is 0 Å². The van der Waals surface area contributed by atoms with Gasteiger partial charge in [0.2, 0.25) is 0 Å². The highest BCUT2D eigenvalue weighted by Crippen LogP contribution is 2.10. The van der Waals surface area contributed by atoms with Crippen molar-refractivity contribution in [2.45, 2.75) is 13.5 Å². The smallest absolute Gasteiger partial charge is 0.118 e. The summed E-state index contributed by atoms with van der Waals surface area (Å²) in [5, 5.41) is 0. The Balaban J connectivity index is 2.40. The number of benzene rings is 1. The number of hydrogen-bond acceptors (Lipinski definition) is 3. The Kier molecular flexibility index (Phi) is 4.29. The van der Waals surface area contributed by atoms with Crippen LogP contribution in [0.2, 0.25) is 0 Å². The van der Waals surface area contributed by atoms with Crippen LogP contribution in [0.15, 0.2) is 24.3 Å². The number of ether oxygens (including phenoxy) is 1. The highest BCUT2D eigenvalue weighted by atomic mass is 16.5. The molecule has 0 atom stereocenters. The van der Waals surface area contributed by atoms with E-state index in [1.165, 1.54) is 5.56 Å². The molecule has 0 fully saturated rings. The molecule has 0 radical (unpaired) electrons. The van der Waals surface area contributed by atoms with Gasteiger partial charge < -0.3 is 4.74 Å².